The molecule has 1 aliphatic heterocycles. The number of carbonyl (C=O) groups is 2. The SMILES string of the molecule is Cc1ccc(CN2C(=O)C(C)Oc3ccc(NC(=O)c4ccc(Br)o4)cc32)cc1. The Morgan fingerprint density at radius 3 is 2.59 bits per heavy atom. The summed E-state index contributed by atoms with van der Waals surface area (Å²) in [6.07, 6.45) is -0.575. The third-order valence-electron chi connectivity index (χ3n) is 4.68. The zero-order chi connectivity index (χ0) is 20.5. The van der Waals surface area contributed by atoms with Crippen molar-refractivity contribution in [3.8, 4) is 5.75 Å². The zero-order valence-electron chi connectivity index (χ0n) is 15.9. The third kappa shape index (κ3) is 4.05. The highest BCUT2D eigenvalue weighted by Crippen LogP contribution is 2.37. The van der Waals surface area contributed by atoms with Crippen LogP contribution >= 0.6 is 15.9 Å². The first kappa shape index (κ1) is 19.3. The number of halogens is 1. The monoisotopic (exact) mass is 454 g/mol. The maximum Gasteiger partial charge on any atom is 0.291 e. The molecule has 2 amide bonds. The number of rotatable bonds is 4. The second-order valence-corrected chi connectivity index (χ2v) is 7.69. The van der Waals surface area contributed by atoms with E-state index < -0.39 is 6.10 Å². The number of furan rings is 1. The molecule has 2 heterocycles. The third-order valence-corrected chi connectivity index (χ3v) is 5.11. The van der Waals surface area contributed by atoms with Crippen LogP contribution in [0.1, 0.15) is 28.6 Å². The Bertz CT molecular complexity index is 1070. The van der Waals surface area contributed by atoms with Crippen LogP contribution in [0.3, 0.4) is 0 Å². The molecule has 7 heteroatoms. The first-order chi connectivity index (χ1) is 13.9. The number of amides is 2. The maximum atomic E-state index is 12.8. The minimum absolute atomic E-state index is 0.128. The van der Waals surface area contributed by atoms with Crippen molar-refractivity contribution < 1.29 is 18.7 Å². The highest BCUT2D eigenvalue weighted by Gasteiger charge is 2.32. The molecule has 0 radical (unpaired) electrons. The molecule has 0 saturated carbocycles. The van der Waals surface area contributed by atoms with E-state index in [1.165, 1.54) is 0 Å². The van der Waals surface area contributed by atoms with Gasteiger partial charge in [-0.1, -0.05) is 29.8 Å². The Morgan fingerprint density at radius 1 is 1.14 bits per heavy atom. The van der Waals surface area contributed by atoms with Crippen molar-refractivity contribution in [3.63, 3.8) is 0 Å². The summed E-state index contributed by atoms with van der Waals surface area (Å²) < 4.78 is 11.5. The largest absolute Gasteiger partial charge is 0.479 e. The summed E-state index contributed by atoms with van der Waals surface area (Å²) in [6.45, 7) is 4.17. The van der Waals surface area contributed by atoms with Crippen LogP contribution < -0.4 is 15.0 Å². The van der Waals surface area contributed by atoms with Gasteiger partial charge in [-0.2, -0.15) is 0 Å². The fraction of sp³-hybridized carbons (Fsp3) is 0.182. The van der Waals surface area contributed by atoms with E-state index in [1.54, 1.807) is 42.2 Å². The number of hydrogen-bond donors (Lipinski definition) is 1. The number of aryl methyl sites for hydroxylation is 1. The summed E-state index contributed by atoms with van der Waals surface area (Å²) in [6, 6.07) is 16.5. The van der Waals surface area contributed by atoms with Crippen molar-refractivity contribution in [3.05, 3.63) is 76.2 Å². The highest BCUT2D eigenvalue weighted by atomic mass is 79.9. The van der Waals surface area contributed by atoms with E-state index in [2.05, 4.69) is 21.2 Å². The molecule has 0 spiro atoms. The van der Waals surface area contributed by atoms with E-state index in [1.807, 2.05) is 31.2 Å². The Morgan fingerprint density at radius 2 is 1.90 bits per heavy atom. The summed E-state index contributed by atoms with van der Waals surface area (Å²) >= 11 is 3.18. The van der Waals surface area contributed by atoms with E-state index >= 15 is 0 Å². The molecule has 0 saturated heterocycles. The topological polar surface area (TPSA) is 71.8 Å². The number of benzene rings is 2. The van der Waals surface area contributed by atoms with Crippen LogP contribution in [0.25, 0.3) is 0 Å². The summed E-state index contributed by atoms with van der Waals surface area (Å²) in [5, 5.41) is 2.79. The molecule has 0 bridgehead atoms. The van der Waals surface area contributed by atoms with Gasteiger partial charge in [-0.15, -0.1) is 0 Å². The molecule has 3 aromatic rings. The fourth-order valence-electron chi connectivity index (χ4n) is 3.15. The van der Waals surface area contributed by atoms with Crippen LogP contribution in [0.5, 0.6) is 5.75 Å². The summed E-state index contributed by atoms with van der Waals surface area (Å²) in [7, 11) is 0. The number of anilines is 2. The van der Waals surface area contributed by atoms with Crippen molar-refractivity contribution in [2.45, 2.75) is 26.5 Å². The Labute approximate surface area is 176 Å². The lowest BCUT2D eigenvalue weighted by Crippen LogP contribution is -2.44. The second kappa shape index (κ2) is 7.75. The van der Waals surface area contributed by atoms with Crippen molar-refractivity contribution in [1.82, 2.24) is 0 Å². The van der Waals surface area contributed by atoms with E-state index in [4.69, 9.17) is 9.15 Å². The average molecular weight is 455 g/mol. The van der Waals surface area contributed by atoms with Gasteiger partial charge in [-0.3, -0.25) is 9.59 Å². The molecular formula is C22H19BrN2O4. The lowest BCUT2D eigenvalue weighted by atomic mass is 10.1. The molecule has 148 valence electrons. The van der Waals surface area contributed by atoms with E-state index in [0.29, 0.717) is 28.3 Å². The molecular weight excluding hydrogens is 436 g/mol. The Kier molecular flexibility index (Phi) is 5.15. The van der Waals surface area contributed by atoms with Gasteiger partial charge in [0.2, 0.25) is 0 Å². The van der Waals surface area contributed by atoms with Gasteiger partial charge in [0.15, 0.2) is 16.5 Å². The number of nitrogens with zero attached hydrogens (tertiary/aromatic N) is 1. The molecule has 1 aromatic heterocycles. The zero-order valence-corrected chi connectivity index (χ0v) is 17.5. The van der Waals surface area contributed by atoms with Crippen LogP contribution in [0.15, 0.2) is 63.7 Å². The summed E-state index contributed by atoms with van der Waals surface area (Å²) in [5.74, 6) is 0.281. The first-order valence-corrected chi connectivity index (χ1v) is 9.94. The normalized spacial score (nSPS) is 15.6. The molecule has 0 aliphatic carbocycles. The molecule has 1 unspecified atom stereocenters. The molecule has 1 atom stereocenters. The van der Waals surface area contributed by atoms with Crippen molar-refractivity contribution in [1.29, 1.82) is 0 Å². The predicted octanol–water partition coefficient (Wildman–Crippen LogP) is 4.92. The lowest BCUT2D eigenvalue weighted by molar-refractivity contribution is -0.125. The predicted molar refractivity (Wildman–Crippen MR) is 113 cm³/mol. The van der Waals surface area contributed by atoms with Gasteiger partial charge in [0, 0.05) is 5.69 Å². The smallest absolute Gasteiger partial charge is 0.291 e. The highest BCUT2D eigenvalue weighted by molar-refractivity contribution is 9.10. The minimum atomic E-state index is -0.575. The van der Waals surface area contributed by atoms with Crippen LogP contribution in [0.2, 0.25) is 0 Å². The van der Waals surface area contributed by atoms with Gasteiger partial charge in [0.1, 0.15) is 5.75 Å². The number of fused-ring (bicyclic) bond motifs is 1. The molecule has 2 aromatic carbocycles. The fourth-order valence-corrected chi connectivity index (χ4v) is 3.46. The quantitative estimate of drug-likeness (QED) is 0.607. The average Bonchev–Trinajstić information content (AvgIpc) is 3.14. The van der Waals surface area contributed by atoms with Gasteiger partial charge < -0.3 is 19.4 Å². The van der Waals surface area contributed by atoms with Gasteiger partial charge in [0.25, 0.3) is 11.8 Å². The van der Waals surface area contributed by atoms with E-state index in [-0.39, 0.29) is 17.6 Å². The molecule has 0 fully saturated rings. The minimum Gasteiger partial charge on any atom is -0.479 e. The molecule has 1 aliphatic rings. The van der Waals surface area contributed by atoms with Crippen molar-refractivity contribution in [2.75, 3.05) is 10.2 Å². The molecule has 1 N–H and O–H groups in total. The van der Waals surface area contributed by atoms with E-state index in [0.717, 1.165) is 11.1 Å². The standard InChI is InChI=1S/C22H19BrN2O4/c1-13-3-5-15(6-4-13)12-25-17-11-16(7-8-18(17)28-14(2)22(25)27)24-21(26)19-9-10-20(23)29-19/h3-11,14H,12H2,1-2H3,(H,24,26). The number of hydrogen-bond acceptors (Lipinski definition) is 4. The molecule has 4 rings (SSSR count). The van der Waals surface area contributed by atoms with Crippen molar-refractivity contribution in [2.24, 2.45) is 0 Å². The second-order valence-electron chi connectivity index (χ2n) is 6.91. The lowest BCUT2D eigenvalue weighted by Gasteiger charge is -2.33. The van der Waals surface area contributed by atoms with Gasteiger partial charge in [-0.25, -0.2) is 0 Å². The van der Waals surface area contributed by atoms with Gasteiger partial charge >= 0.3 is 0 Å². The van der Waals surface area contributed by atoms with Gasteiger partial charge in [-0.05, 0) is 65.7 Å². The van der Waals surface area contributed by atoms with E-state index in [9.17, 15) is 9.59 Å². The number of ether oxygens (including phenoxy) is 1. The first-order valence-electron chi connectivity index (χ1n) is 9.15. The molecule has 6 nitrogen and oxygen atoms in total. The van der Waals surface area contributed by atoms with Crippen molar-refractivity contribution >= 4 is 39.1 Å². The number of carbonyl (C=O) groups excluding carboxylic acids is 2. The summed E-state index contributed by atoms with van der Waals surface area (Å²) in [4.78, 5) is 26.9. The van der Waals surface area contributed by atoms with Crippen LogP contribution in [-0.4, -0.2) is 17.9 Å². The Hall–Kier alpha value is -3.06. The molecule has 29 heavy (non-hydrogen) atoms. The summed E-state index contributed by atoms with van der Waals surface area (Å²) in [5.41, 5.74) is 3.33. The van der Waals surface area contributed by atoms with Crippen LogP contribution in [0.4, 0.5) is 11.4 Å². The number of nitrogens with one attached hydrogen (secondary N) is 1. The Balaban J connectivity index is 1.63. The van der Waals surface area contributed by atoms with Crippen LogP contribution in [0, 0.1) is 6.92 Å². The van der Waals surface area contributed by atoms with Crippen LogP contribution in [-0.2, 0) is 11.3 Å². The van der Waals surface area contributed by atoms with Gasteiger partial charge in [0.05, 0.1) is 12.2 Å². The maximum absolute atomic E-state index is 12.8.